The number of rotatable bonds is 5. The highest BCUT2D eigenvalue weighted by molar-refractivity contribution is 7.07. The molecule has 0 spiro atoms. The molecule has 0 aliphatic carbocycles. The first-order valence-corrected chi connectivity index (χ1v) is 12.8. The Hall–Kier alpha value is -4.63. The van der Waals surface area contributed by atoms with Crippen molar-refractivity contribution < 1.29 is 24.1 Å². The number of hydrogen-bond acceptors (Lipinski definition) is 8. The Balaban J connectivity index is 1.65. The average molecular weight is 527 g/mol. The zero-order valence-electron chi connectivity index (χ0n) is 20.3. The first-order chi connectivity index (χ1) is 18.5. The van der Waals surface area contributed by atoms with Gasteiger partial charge in [0, 0.05) is 5.56 Å². The standard InChI is InChI=1S/C29H22N2O6S/c1-2-35-28(34)24-25(18-8-4-3-5-9-18)30-29-31(26(24)19-11-12-21-22(15-19)37-16-36-21)27(33)23(38-29)14-17-7-6-10-20(32)13-17/h3-15,26,32H,2,16H2,1H3/b23-14-. The Kier molecular flexibility index (Phi) is 6.05. The van der Waals surface area contributed by atoms with Crippen LogP contribution in [0.5, 0.6) is 17.2 Å². The van der Waals surface area contributed by atoms with Crippen molar-refractivity contribution in [3.8, 4) is 17.2 Å². The SMILES string of the molecule is CCOC(=O)C1=C(c2ccccc2)N=c2s/c(=C\c3cccc(O)c3)c(=O)n2C1c1ccc2c(c1)OCO2. The van der Waals surface area contributed by atoms with Crippen molar-refractivity contribution in [1.82, 2.24) is 4.57 Å². The second kappa shape index (κ2) is 9.68. The van der Waals surface area contributed by atoms with Gasteiger partial charge in [-0.25, -0.2) is 9.79 Å². The van der Waals surface area contributed by atoms with E-state index in [1.807, 2.05) is 36.4 Å². The zero-order chi connectivity index (χ0) is 26.2. The van der Waals surface area contributed by atoms with E-state index in [0.717, 1.165) is 5.56 Å². The molecule has 0 amide bonds. The number of carbonyl (C=O) groups excluding carboxylic acids is 1. The predicted molar refractivity (Wildman–Crippen MR) is 142 cm³/mol. The van der Waals surface area contributed by atoms with Crippen molar-refractivity contribution in [2.75, 3.05) is 13.4 Å². The van der Waals surface area contributed by atoms with E-state index in [4.69, 9.17) is 19.2 Å². The molecule has 3 aromatic carbocycles. The lowest BCUT2D eigenvalue weighted by Crippen LogP contribution is -2.40. The number of nitrogens with zero attached hydrogens (tertiary/aromatic N) is 2. The van der Waals surface area contributed by atoms with Crippen molar-refractivity contribution in [1.29, 1.82) is 0 Å². The van der Waals surface area contributed by atoms with Crippen LogP contribution in [0.4, 0.5) is 0 Å². The minimum absolute atomic E-state index is 0.0979. The van der Waals surface area contributed by atoms with Crippen LogP contribution in [0.1, 0.15) is 29.7 Å². The quantitative estimate of drug-likeness (QED) is 0.401. The molecule has 0 fully saturated rings. The Morgan fingerprint density at radius 1 is 1.11 bits per heavy atom. The number of hydrogen-bond donors (Lipinski definition) is 1. The van der Waals surface area contributed by atoms with E-state index in [1.165, 1.54) is 15.9 Å². The lowest BCUT2D eigenvalue weighted by molar-refractivity contribution is -0.138. The Morgan fingerprint density at radius 3 is 2.71 bits per heavy atom. The maximum absolute atomic E-state index is 13.9. The lowest BCUT2D eigenvalue weighted by atomic mass is 9.93. The fraction of sp³-hybridized carbons (Fsp3) is 0.138. The van der Waals surface area contributed by atoms with Gasteiger partial charge in [0.15, 0.2) is 16.3 Å². The molecule has 4 aromatic rings. The molecule has 9 heteroatoms. The smallest absolute Gasteiger partial charge is 0.338 e. The minimum atomic E-state index is -0.818. The number of thiazole rings is 1. The van der Waals surface area contributed by atoms with Crippen LogP contribution in [0.25, 0.3) is 11.8 Å². The fourth-order valence-corrected chi connectivity index (χ4v) is 5.61. The molecule has 0 saturated carbocycles. The molecule has 0 bridgehead atoms. The number of aromatic hydroxyl groups is 1. The monoisotopic (exact) mass is 526 g/mol. The second-order valence-corrected chi connectivity index (χ2v) is 9.65. The average Bonchev–Trinajstić information content (AvgIpc) is 3.52. The highest BCUT2D eigenvalue weighted by Gasteiger charge is 2.36. The minimum Gasteiger partial charge on any atom is -0.508 e. The second-order valence-electron chi connectivity index (χ2n) is 8.64. The van der Waals surface area contributed by atoms with Crippen LogP contribution in [-0.4, -0.2) is 29.0 Å². The first kappa shape index (κ1) is 23.7. The van der Waals surface area contributed by atoms with Crippen LogP contribution in [0.15, 0.2) is 88.2 Å². The molecule has 3 heterocycles. The van der Waals surface area contributed by atoms with Crippen molar-refractivity contribution in [3.05, 3.63) is 115 Å². The van der Waals surface area contributed by atoms with Gasteiger partial charge in [-0.1, -0.05) is 59.9 Å². The molecule has 190 valence electrons. The van der Waals surface area contributed by atoms with E-state index in [9.17, 15) is 14.7 Å². The van der Waals surface area contributed by atoms with Crippen molar-refractivity contribution >= 4 is 29.1 Å². The number of aromatic nitrogens is 1. The van der Waals surface area contributed by atoms with Gasteiger partial charge in [0.25, 0.3) is 5.56 Å². The van der Waals surface area contributed by atoms with Crippen LogP contribution < -0.4 is 24.4 Å². The van der Waals surface area contributed by atoms with Gasteiger partial charge in [-0.15, -0.1) is 0 Å². The summed E-state index contributed by atoms with van der Waals surface area (Å²) >= 11 is 1.22. The van der Waals surface area contributed by atoms with Gasteiger partial charge >= 0.3 is 5.97 Å². The van der Waals surface area contributed by atoms with Gasteiger partial charge in [0.2, 0.25) is 6.79 Å². The molecule has 1 atom stereocenters. The van der Waals surface area contributed by atoms with Crippen LogP contribution in [0.2, 0.25) is 0 Å². The van der Waals surface area contributed by atoms with Crippen LogP contribution in [0, 0.1) is 0 Å². The van der Waals surface area contributed by atoms with E-state index in [0.29, 0.717) is 37.7 Å². The number of phenols is 1. The van der Waals surface area contributed by atoms with Gasteiger partial charge in [-0.2, -0.15) is 0 Å². The summed E-state index contributed by atoms with van der Waals surface area (Å²) in [6.45, 7) is 2.00. The molecule has 1 unspecified atom stereocenters. The highest BCUT2D eigenvalue weighted by atomic mass is 32.1. The van der Waals surface area contributed by atoms with Gasteiger partial charge in [0.1, 0.15) is 5.75 Å². The summed E-state index contributed by atoms with van der Waals surface area (Å²) in [6.07, 6.45) is 1.70. The molecule has 0 radical (unpaired) electrons. The van der Waals surface area contributed by atoms with Crippen LogP contribution in [0.3, 0.4) is 0 Å². The number of esters is 1. The highest BCUT2D eigenvalue weighted by Crippen LogP contribution is 2.40. The van der Waals surface area contributed by atoms with Gasteiger partial charge in [-0.3, -0.25) is 9.36 Å². The Bertz CT molecular complexity index is 1770. The maximum atomic E-state index is 13.9. The molecule has 6 rings (SSSR count). The largest absolute Gasteiger partial charge is 0.508 e. The molecule has 2 aliphatic rings. The third-order valence-corrected chi connectivity index (χ3v) is 7.24. The van der Waals surface area contributed by atoms with Crippen molar-refractivity contribution in [3.63, 3.8) is 0 Å². The molecular formula is C29H22N2O6S. The summed E-state index contributed by atoms with van der Waals surface area (Å²) < 4.78 is 18.5. The predicted octanol–water partition coefficient (Wildman–Crippen LogP) is 3.37. The molecule has 0 saturated heterocycles. The van der Waals surface area contributed by atoms with Gasteiger partial charge < -0.3 is 19.3 Å². The molecule has 1 N–H and O–H groups in total. The molecular weight excluding hydrogens is 504 g/mol. The topological polar surface area (TPSA) is 99.4 Å². The number of benzene rings is 3. The van der Waals surface area contributed by atoms with Crippen LogP contribution >= 0.6 is 11.3 Å². The zero-order valence-corrected chi connectivity index (χ0v) is 21.1. The third kappa shape index (κ3) is 4.16. The Morgan fingerprint density at radius 2 is 1.92 bits per heavy atom. The molecule has 38 heavy (non-hydrogen) atoms. The van der Waals surface area contributed by atoms with Crippen LogP contribution in [-0.2, 0) is 9.53 Å². The summed E-state index contributed by atoms with van der Waals surface area (Å²) in [7, 11) is 0. The summed E-state index contributed by atoms with van der Waals surface area (Å²) in [6, 6.07) is 20.6. The third-order valence-electron chi connectivity index (χ3n) is 6.25. The number of phenolic OH excluding ortho intramolecular Hbond substituents is 1. The fourth-order valence-electron chi connectivity index (χ4n) is 4.60. The van der Waals surface area contributed by atoms with E-state index in [-0.39, 0.29) is 30.3 Å². The lowest BCUT2D eigenvalue weighted by Gasteiger charge is -2.26. The maximum Gasteiger partial charge on any atom is 0.338 e. The van der Waals surface area contributed by atoms with E-state index in [1.54, 1.807) is 49.4 Å². The summed E-state index contributed by atoms with van der Waals surface area (Å²) in [4.78, 5) is 32.7. The van der Waals surface area contributed by atoms with Gasteiger partial charge in [0.05, 0.1) is 28.5 Å². The van der Waals surface area contributed by atoms with Gasteiger partial charge in [-0.05, 0) is 48.4 Å². The number of fused-ring (bicyclic) bond motifs is 2. The van der Waals surface area contributed by atoms with E-state index in [2.05, 4.69) is 0 Å². The first-order valence-electron chi connectivity index (χ1n) is 12.0. The molecule has 1 aromatic heterocycles. The Labute approximate surface area is 221 Å². The summed E-state index contributed by atoms with van der Waals surface area (Å²) in [5.74, 6) is 0.668. The normalized spacial score (nSPS) is 16.2. The number of ether oxygens (including phenoxy) is 3. The summed E-state index contributed by atoms with van der Waals surface area (Å²) in [5.41, 5.74) is 2.44. The summed E-state index contributed by atoms with van der Waals surface area (Å²) in [5, 5.41) is 9.90. The van der Waals surface area contributed by atoms with E-state index >= 15 is 0 Å². The van der Waals surface area contributed by atoms with E-state index < -0.39 is 12.0 Å². The number of carbonyl (C=O) groups is 1. The molecule has 8 nitrogen and oxygen atoms in total. The van der Waals surface area contributed by atoms with Crippen molar-refractivity contribution in [2.24, 2.45) is 4.99 Å². The van der Waals surface area contributed by atoms with Crippen molar-refractivity contribution in [2.45, 2.75) is 13.0 Å². The molecule has 2 aliphatic heterocycles.